The molecule has 8 heteroatoms. The summed E-state index contributed by atoms with van der Waals surface area (Å²) in [6.07, 6.45) is 2.78. The maximum atomic E-state index is 12.4. The number of anilines is 1. The van der Waals surface area contributed by atoms with Gasteiger partial charge in [0.1, 0.15) is 10.6 Å². The number of halogens is 1. The van der Waals surface area contributed by atoms with E-state index in [1.165, 1.54) is 25.6 Å². The lowest BCUT2D eigenvalue weighted by Gasteiger charge is -2.11. The Kier molecular flexibility index (Phi) is 4.43. The van der Waals surface area contributed by atoms with Crippen molar-refractivity contribution in [3.63, 3.8) is 0 Å². The van der Waals surface area contributed by atoms with E-state index in [9.17, 15) is 8.42 Å². The molecule has 114 valence electrons. The van der Waals surface area contributed by atoms with Crippen molar-refractivity contribution in [1.82, 2.24) is 9.78 Å². The Labute approximate surface area is 128 Å². The molecule has 1 aromatic carbocycles. The third-order valence-corrected chi connectivity index (χ3v) is 4.38. The molecule has 0 radical (unpaired) electrons. The molecular formula is C13H16ClN3O3S. The summed E-state index contributed by atoms with van der Waals surface area (Å²) in [6, 6.07) is 4.78. The molecular weight excluding hydrogens is 314 g/mol. The minimum Gasteiger partial charge on any atom is -0.495 e. The smallest absolute Gasteiger partial charge is 0.265 e. The molecule has 0 amide bonds. The van der Waals surface area contributed by atoms with E-state index in [1.54, 1.807) is 16.8 Å². The number of nitrogens with one attached hydrogen (secondary N) is 1. The summed E-state index contributed by atoms with van der Waals surface area (Å²) in [5.74, 6) is 0.388. The number of aromatic nitrogens is 2. The van der Waals surface area contributed by atoms with Gasteiger partial charge in [0, 0.05) is 17.3 Å². The van der Waals surface area contributed by atoms with Gasteiger partial charge in [0.25, 0.3) is 10.0 Å². The van der Waals surface area contributed by atoms with Crippen molar-refractivity contribution in [3.05, 3.63) is 35.6 Å². The SMILES string of the molecule is COc1ccc(Cl)cc1NS(=O)(=O)c1cnn(C(C)C)c1. The molecule has 0 fully saturated rings. The van der Waals surface area contributed by atoms with E-state index in [2.05, 4.69) is 9.82 Å². The van der Waals surface area contributed by atoms with Crippen molar-refractivity contribution in [2.45, 2.75) is 24.8 Å². The summed E-state index contributed by atoms with van der Waals surface area (Å²) < 4.78 is 33.9. The van der Waals surface area contributed by atoms with E-state index in [1.807, 2.05) is 13.8 Å². The second-order valence-corrected chi connectivity index (χ2v) is 6.82. The van der Waals surface area contributed by atoms with Crippen LogP contribution >= 0.6 is 11.6 Å². The number of rotatable bonds is 5. The largest absolute Gasteiger partial charge is 0.495 e. The van der Waals surface area contributed by atoms with Crippen molar-refractivity contribution in [2.75, 3.05) is 11.8 Å². The monoisotopic (exact) mass is 329 g/mol. The highest BCUT2D eigenvalue weighted by molar-refractivity contribution is 7.92. The molecule has 0 spiro atoms. The second-order valence-electron chi connectivity index (χ2n) is 4.70. The molecule has 0 saturated heterocycles. The van der Waals surface area contributed by atoms with Gasteiger partial charge in [-0.3, -0.25) is 9.40 Å². The molecule has 6 nitrogen and oxygen atoms in total. The van der Waals surface area contributed by atoms with Crippen LogP contribution in [0.25, 0.3) is 0 Å². The van der Waals surface area contributed by atoms with E-state index in [-0.39, 0.29) is 16.6 Å². The van der Waals surface area contributed by atoms with Crippen LogP contribution in [0.4, 0.5) is 5.69 Å². The highest BCUT2D eigenvalue weighted by atomic mass is 35.5. The Morgan fingerprint density at radius 3 is 2.67 bits per heavy atom. The molecule has 21 heavy (non-hydrogen) atoms. The van der Waals surface area contributed by atoms with Gasteiger partial charge in [-0.15, -0.1) is 0 Å². The molecule has 0 aliphatic rings. The van der Waals surface area contributed by atoms with Gasteiger partial charge >= 0.3 is 0 Å². The zero-order chi connectivity index (χ0) is 15.6. The third kappa shape index (κ3) is 3.48. The summed E-state index contributed by atoms with van der Waals surface area (Å²) in [5, 5.41) is 4.43. The average Bonchev–Trinajstić information content (AvgIpc) is 2.89. The third-order valence-electron chi connectivity index (χ3n) is 2.82. The van der Waals surface area contributed by atoms with Crippen molar-refractivity contribution in [3.8, 4) is 5.75 Å². The molecule has 0 bridgehead atoms. The van der Waals surface area contributed by atoms with Crippen molar-refractivity contribution in [2.24, 2.45) is 0 Å². The van der Waals surface area contributed by atoms with E-state index >= 15 is 0 Å². The molecule has 1 N–H and O–H groups in total. The summed E-state index contributed by atoms with van der Waals surface area (Å²) in [6.45, 7) is 3.83. The van der Waals surface area contributed by atoms with Gasteiger partial charge < -0.3 is 4.74 Å². The van der Waals surface area contributed by atoms with E-state index in [0.29, 0.717) is 10.8 Å². The highest BCUT2D eigenvalue weighted by Crippen LogP contribution is 2.29. The number of nitrogens with zero attached hydrogens (tertiary/aromatic N) is 2. The van der Waals surface area contributed by atoms with Gasteiger partial charge in [-0.25, -0.2) is 8.42 Å². The number of sulfonamides is 1. The number of hydrogen-bond acceptors (Lipinski definition) is 4. The van der Waals surface area contributed by atoms with Crippen LogP contribution in [-0.4, -0.2) is 25.3 Å². The molecule has 0 unspecified atom stereocenters. The van der Waals surface area contributed by atoms with Crippen LogP contribution in [0.15, 0.2) is 35.5 Å². The summed E-state index contributed by atoms with van der Waals surface area (Å²) in [4.78, 5) is 0.0817. The molecule has 0 saturated carbocycles. The van der Waals surface area contributed by atoms with Gasteiger partial charge in [0.2, 0.25) is 0 Å². The van der Waals surface area contributed by atoms with Crippen LogP contribution in [0.2, 0.25) is 5.02 Å². The Bertz CT molecular complexity index is 741. The molecule has 2 rings (SSSR count). The molecule has 1 heterocycles. The summed E-state index contributed by atoms with van der Waals surface area (Å²) >= 11 is 5.89. The van der Waals surface area contributed by atoms with Gasteiger partial charge in [0.15, 0.2) is 0 Å². The predicted molar refractivity (Wildman–Crippen MR) is 81.4 cm³/mol. The minimum atomic E-state index is -3.75. The number of methoxy groups -OCH3 is 1. The van der Waals surface area contributed by atoms with Gasteiger partial charge in [-0.05, 0) is 32.0 Å². The summed E-state index contributed by atoms with van der Waals surface area (Å²) in [7, 11) is -2.29. The first-order valence-corrected chi connectivity index (χ1v) is 8.10. The minimum absolute atomic E-state index is 0.0784. The molecule has 1 aromatic heterocycles. The maximum Gasteiger partial charge on any atom is 0.265 e. The first-order chi connectivity index (χ1) is 9.83. The fourth-order valence-corrected chi connectivity index (χ4v) is 2.88. The Balaban J connectivity index is 2.34. The average molecular weight is 330 g/mol. The first-order valence-electron chi connectivity index (χ1n) is 6.24. The lowest BCUT2D eigenvalue weighted by Crippen LogP contribution is -2.13. The second kappa shape index (κ2) is 5.95. The van der Waals surface area contributed by atoms with Crippen LogP contribution in [0, 0.1) is 0 Å². The van der Waals surface area contributed by atoms with E-state index in [4.69, 9.17) is 16.3 Å². The highest BCUT2D eigenvalue weighted by Gasteiger charge is 2.19. The van der Waals surface area contributed by atoms with E-state index < -0.39 is 10.0 Å². The quantitative estimate of drug-likeness (QED) is 0.915. The molecule has 0 aliphatic heterocycles. The van der Waals surface area contributed by atoms with Crippen LogP contribution in [0.3, 0.4) is 0 Å². The van der Waals surface area contributed by atoms with Crippen molar-refractivity contribution < 1.29 is 13.2 Å². The number of benzene rings is 1. The number of hydrogen-bond donors (Lipinski definition) is 1. The van der Waals surface area contributed by atoms with Crippen LogP contribution < -0.4 is 9.46 Å². The predicted octanol–water partition coefficient (Wildman–Crippen LogP) is 2.93. The lowest BCUT2D eigenvalue weighted by atomic mass is 10.3. The van der Waals surface area contributed by atoms with Crippen molar-refractivity contribution in [1.29, 1.82) is 0 Å². The zero-order valence-corrected chi connectivity index (χ0v) is 13.4. The summed E-state index contributed by atoms with van der Waals surface area (Å²) in [5.41, 5.74) is 0.280. The Morgan fingerprint density at radius 2 is 2.10 bits per heavy atom. The van der Waals surface area contributed by atoms with Gasteiger partial charge in [-0.2, -0.15) is 5.10 Å². The fourth-order valence-electron chi connectivity index (χ4n) is 1.71. The lowest BCUT2D eigenvalue weighted by molar-refractivity contribution is 0.417. The molecule has 0 atom stereocenters. The topological polar surface area (TPSA) is 73.2 Å². The van der Waals surface area contributed by atoms with Gasteiger partial charge in [0.05, 0.1) is 19.0 Å². The van der Waals surface area contributed by atoms with Crippen LogP contribution in [0.5, 0.6) is 5.75 Å². The van der Waals surface area contributed by atoms with Crippen LogP contribution in [-0.2, 0) is 10.0 Å². The first kappa shape index (κ1) is 15.7. The fraction of sp³-hybridized carbons (Fsp3) is 0.308. The zero-order valence-electron chi connectivity index (χ0n) is 11.9. The van der Waals surface area contributed by atoms with Crippen molar-refractivity contribution >= 4 is 27.3 Å². The molecule has 2 aromatic rings. The standard InChI is InChI=1S/C13H16ClN3O3S/c1-9(2)17-8-11(7-15-17)21(18,19)16-12-6-10(14)4-5-13(12)20-3/h4-9,16H,1-3H3. The van der Waals surface area contributed by atoms with Gasteiger partial charge in [-0.1, -0.05) is 11.6 Å². The van der Waals surface area contributed by atoms with E-state index in [0.717, 1.165) is 0 Å². The Hall–Kier alpha value is -1.73. The van der Waals surface area contributed by atoms with Crippen LogP contribution in [0.1, 0.15) is 19.9 Å². The maximum absolute atomic E-state index is 12.4. The normalized spacial score (nSPS) is 11.7. The Morgan fingerprint density at radius 1 is 1.38 bits per heavy atom. The number of ether oxygens (including phenoxy) is 1. The molecule has 0 aliphatic carbocycles.